The van der Waals surface area contributed by atoms with Gasteiger partial charge in [-0.1, -0.05) is 30.3 Å². The summed E-state index contributed by atoms with van der Waals surface area (Å²) in [5.74, 6) is 0.973. The largest absolute Gasteiger partial charge is 0.483 e. The standard InChI is InChI=1S/C32H34N6O5/c1-41-15-13-34-29(39)20-38(24-12-11-22-18-33-19-23(22)17-24)32-25-7-3-5-9-27(25)36-31(37-32)26-8-4-6-10-28(26)43-21-30(40)35-14-16-42-2/h3-12,17,19H,13-16,18,20-21H2,1-2H3,(H,34,39)(H,35,40). The Labute approximate surface area is 249 Å². The maximum Gasteiger partial charge on any atom is 0.258 e. The Kier molecular flexibility index (Phi) is 9.88. The Morgan fingerprint density at radius 3 is 2.44 bits per heavy atom. The number of benzene rings is 3. The van der Waals surface area contributed by atoms with Gasteiger partial charge < -0.3 is 29.7 Å². The van der Waals surface area contributed by atoms with Crippen LogP contribution in [-0.2, 0) is 25.6 Å². The number of nitrogens with zero attached hydrogens (tertiary/aromatic N) is 4. The van der Waals surface area contributed by atoms with Crippen molar-refractivity contribution in [2.45, 2.75) is 6.54 Å². The van der Waals surface area contributed by atoms with Crippen LogP contribution in [0.4, 0.5) is 11.5 Å². The van der Waals surface area contributed by atoms with Crippen molar-refractivity contribution in [3.05, 3.63) is 77.9 Å². The van der Waals surface area contributed by atoms with Gasteiger partial charge in [0.15, 0.2) is 12.4 Å². The Hall–Kier alpha value is -4.87. The van der Waals surface area contributed by atoms with Crippen LogP contribution in [0.2, 0.25) is 0 Å². The van der Waals surface area contributed by atoms with E-state index < -0.39 is 0 Å². The Bertz CT molecular complexity index is 1630. The van der Waals surface area contributed by atoms with E-state index in [1.165, 1.54) is 0 Å². The minimum Gasteiger partial charge on any atom is -0.483 e. The first-order valence-corrected chi connectivity index (χ1v) is 14.0. The number of amides is 2. The molecular weight excluding hydrogens is 548 g/mol. The third kappa shape index (κ3) is 7.32. The van der Waals surface area contributed by atoms with Crippen LogP contribution in [-0.4, -0.2) is 81.7 Å². The predicted molar refractivity (Wildman–Crippen MR) is 165 cm³/mol. The van der Waals surface area contributed by atoms with E-state index in [9.17, 15) is 9.59 Å². The van der Waals surface area contributed by atoms with Crippen LogP contribution in [0.15, 0.2) is 71.7 Å². The molecule has 0 saturated heterocycles. The molecule has 0 unspecified atom stereocenters. The molecule has 0 atom stereocenters. The number of para-hydroxylation sites is 2. The van der Waals surface area contributed by atoms with Gasteiger partial charge in [0.2, 0.25) is 5.91 Å². The average Bonchev–Trinajstić information content (AvgIpc) is 3.51. The van der Waals surface area contributed by atoms with Gasteiger partial charge in [-0.3, -0.25) is 14.6 Å². The van der Waals surface area contributed by atoms with E-state index >= 15 is 0 Å². The quantitative estimate of drug-likeness (QED) is 0.217. The number of aliphatic imine (C=N–C) groups is 1. The second kappa shape index (κ2) is 14.3. The van der Waals surface area contributed by atoms with E-state index in [1.807, 2.05) is 71.8 Å². The third-order valence-electron chi connectivity index (χ3n) is 6.82. The highest BCUT2D eigenvalue weighted by Gasteiger charge is 2.22. The van der Waals surface area contributed by atoms with Crippen molar-refractivity contribution >= 4 is 40.4 Å². The summed E-state index contributed by atoms with van der Waals surface area (Å²) in [6.07, 6.45) is 1.85. The summed E-state index contributed by atoms with van der Waals surface area (Å²) >= 11 is 0. The Morgan fingerprint density at radius 2 is 1.63 bits per heavy atom. The molecule has 1 aromatic heterocycles. The molecule has 0 spiro atoms. The molecule has 11 nitrogen and oxygen atoms in total. The van der Waals surface area contributed by atoms with Crippen molar-refractivity contribution in [2.24, 2.45) is 4.99 Å². The monoisotopic (exact) mass is 582 g/mol. The van der Waals surface area contributed by atoms with Crippen LogP contribution >= 0.6 is 0 Å². The number of aromatic nitrogens is 2. The fourth-order valence-electron chi connectivity index (χ4n) is 4.69. The molecule has 1 aliphatic heterocycles. The van der Waals surface area contributed by atoms with Gasteiger partial charge in [0.05, 0.1) is 30.8 Å². The Balaban J connectivity index is 1.55. The fraction of sp³-hybridized carbons (Fsp3) is 0.281. The van der Waals surface area contributed by atoms with Crippen molar-refractivity contribution in [3.63, 3.8) is 0 Å². The van der Waals surface area contributed by atoms with Gasteiger partial charge in [-0.2, -0.15) is 0 Å². The molecule has 0 fully saturated rings. The number of ether oxygens (including phenoxy) is 3. The van der Waals surface area contributed by atoms with Gasteiger partial charge in [-0.15, -0.1) is 0 Å². The smallest absolute Gasteiger partial charge is 0.258 e. The number of nitrogens with one attached hydrogen (secondary N) is 2. The van der Waals surface area contributed by atoms with Crippen LogP contribution in [0.3, 0.4) is 0 Å². The molecule has 0 saturated carbocycles. The maximum atomic E-state index is 13.2. The number of carbonyl (C=O) groups excluding carboxylic acids is 2. The van der Waals surface area contributed by atoms with Gasteiger partial charge in [0, 0.05) is 44.6 Å². The number of fused-ring (bicyclic) bond motifs is 2. The molecule has 43 heavy (non-hydrogen) atoms. The SMILES string of the molecule is COCCNC(=O)COc1ccccc1-c1nc(N(CC(=O)NCCOC)c2ccc3c(c2)C=NC3)c2ccccc2n1. The van der Waals surface area contributed by atoms with Gasteiger partial charge in [0.25, 0.3) is 5.91 Å². The number of hydrogen-bond acceptors (Lipinski definition) is 9. The second-order valence-electron chi connectivity index (χ2n) is 9.80. The van der Waals surface area contributed by atoms with Crippen molar-refractivity contribution < 1.29 is 23.8 Å². The lowest BCUT2D eigenvalue weighted by Gasteiger charge is -2.26. The highest BCUT2D eigenvalue weighted by atomic mass is 16.5. The summed E-state index contributed by atoms with van der Waals surface area (Å²) in [6.45, 7) is 2.07. The van der Waals surface area contributed by atoms with E-state index in [4.69, 9.17) is 24.2 Å². The molecule has 1 aliphatic rings. The third-order valence-corrected chi connectivity index (χ3v) is 6.82. The second-order valence-corrected chi connectivity index (χ2v) is 9.80. The summed E-state index contributed by atoms with van der Waals surface area (Å²) in [5.41, 5.74) is 4.23. The topological polar surface area (TPSA) is 127 Å². The van der Waals surface area contributed by atoms with E-state index in [1.54, 1.807) is 20.3 Å². The minimum absolute atomic E-state index is 0.0138. The first-order chi connectivity index (χ1) is 21.1. The highest BCUT2D eigenvalue weighted by Crippen LogP contribution is 2.35. The number of rotatable bonds is 14. The predicted octanol–water partition coefficient (Wildman–Crippen LogP) is 3.27. The van der Waals surface area contributed by atoms with Crippen LogP contribution in [0.25, 0.3) is 22.3 Å². The van der Waals surface area contributed by atoms with Crippen molar-refractivity contribution in [1.29, 1.82) is 0 Å². The van der Waals surface area contributed by atoms with Crippen LogP contribution < -0.4 is 20.3 Å². The Morgan fingerprint density at radius 1 is 0.884 bits per heavy atom. The molecule has 0 radical (unpaired) electrons. The molecule has 11 heteroatoms. The van der Waals surface area contributed by atoms with E-state index in [0.29, 0.717) is 61.3 Å². The van der Waals surface area contributed by atoms with Gasteiger partial charge in [-0.25, -0.2) is 9.97 Å². The first kappa shape index (κ1) is 29.6. The van der Waals surface area contributed by atoms with Gasteiger partial charge in [0.1, 0.15) is 18.1 Å². The molecule has 2 amide bonds. The summed E-state index contributed by atoms with van der Waals surface area (Å²) in [4.78, 5) is 41.6. The van der Waals surface area contributed by atoms with Crippen LogP contribution in [0.5, 0.6) is 5.75 Å². The zero-order valence-corrected chi connectivity index (χ0v) is 24.2. The number of carbonyl (C=O) groups is 2. The summed E-state index contributed by atoms with van der Waals surface area (Å²) < 4.78 is 16.0. The lowest BCUT2D eigenvalue weighted by atomic mass is 10.1. The lowest BCUT2D eigenvalue weighted by molar-refractivity contribution is -0.123. The molecule has 5 rings (SSSR count). The summed E-state index contributed by atoms with van der Waals surface area (Å²) in [5, 5.41) is 6.44. The van der Waals surface area contributed by atoms with Crippen molar-refractivity contribution in [3.8, 4) is 17.1 Å². The molecule has 3 aromatic carbocycles. The number of anilines is 2. The molecule has 222 valence electrons. The molecular formula is C32H34N6O5. The lowest BCUT2D eigenvalue weighted by Crippen LogP contribution is -2.37. The van der Waals surface area contributed by atoms with Crippen LogP contribution in [0.1, 0.15) is 11.1 Å². The molecule has 4 aromatic rings. The number of hydrogen-bond donors (Lipinski definition) is 2. The first-order valence-electron chi connectivity index (χ1n) is 14.0. The normalized spacial score (nSPS) is 11.8. The zero-order valence-electron chi connectivity index (χ0n) is 24.2. The molecule has 0 aliphatic carbocycles. The van der Waals surface area contributed by atoms with E-state index in [0.717, 1.165) is 22.2 Å². The summed E-state index contributed by atoms with van der Waals surface area (Å²) in [7, 11) is 3.17. The average molecular weight is 583 g/mol. The number of methoxy groups -OCH3 is 2. The van der Waals surface area contributed by atoms with Crippen molar-refractivity contribution in [2.75, 3.05) is 58.6 Å². The summed E-state index contributed by atoms with van der Waals surface area (Å²) in [6, 6.07) is 21.0. The highest BCUT2D eigenvalue weighted by molar-refractivity contribution is 5.96. The van der Waals surface area contributed by atoms with E-state index in [2.05, 4.69) is 15.6 Å². The zero-order chi connectivity index (χ0) is 30.0. The fourth-order valence-corrected chi connectivity index (χ4v) is 4.69. The van der Waals surface area contributed by atoms with Crippen molar-refractivity contribution in [1.82, 2.24) is 20.6 Å². The minimum atomic E-state index is -0.266. The van der Waals surface area contributed by atoms with Crippen LogP contribution in [0, 0.1) is 0 Å². The van der Waals surface area contributed by atoms with Gasteiger partial charge >= 0.3 is 0 Å². The molecule has 2 heterocycles. The van der Waals surface area contributed by atoms with E-state index in [-0.39, 0.29) is 25.0 Å². The molecule has 0 bridgehead atoms. The maximum absolute atomic E-state index is 13.2. The molecule has 2 N–H and O–H groups in total. The van der Waals surface area contributed by atoms with Gasteiger partial charge in [-0.05, 0) is 47.5 Å².